The van der Waals surface area contributed by atoms with Gasteiger partial charge >= 0.3 is 0 Å². The number of hydrogen-bond acceptors (Lipinski definition) is 9. The van der Waals surface area contributed by atoms with E-state index in [2.05, 4.69) is 0 Å². The van der Waals surface area contributed by atoms with Crippen LogP contribution in [0.15, 0.2) is 33.0 Å². The van der Waals surface area contributed by atoms with Crippen molar-refractivity contribution in [3.05, 3.63) is 50.7 Å². The second-order valence-corrected chi connectivity index (χ2v) is 10.6. The van der Waals surface area contributed by atoms with E-state index in [1.54, 1.807) is 39.0 Å². The van der Waals surface area contributed by atoms with Crippen molar-refractivity contribution in [3.8, 4) is 23.0 Å². The number of aliphatic hydroxyl groups is 3. The second-order valence-electron chi connectivity index (χ2n) is 10.6. The van der Waals surface area contributed by atoms with Gasteiger partial charge < -0.3 is 39.8 Å². The minimum absolute atomic E-state index is 0.00652. The van der Waals surface area contributed by atoms with E-state index in [4.69, 9.17) is 9.15 Å². The molecule has 1 aromatic heterocycles. The van der Waals surface area contributed by atoms with Gasteiger partial charge in [-0.1, -0.05) is 11.6 Å². The Hall–Kier alpha value is -3.53. The molecule has 198 valence electrons. The standard InChI is InChI=1S/C28H32O9/c1-13(12-29)6-7-14-20-18(11-17(30)22(14)32)36-26-16(10-19(31)28(4,5)35)25-15(8-9-27(2,3)37-25)23(33)21(26)24(20)34/h6,8-9,11,19,29-33,35H,7,10,12H2,1-5H3/b13-6-. The maximum atomic E-state index is 13.9. The van der Waals surface area contributed by atoms with Crippen LogP contribution in [0.4, 0.5) is 0 Å². The molecule has 37 heavy (non-hydrogen) atoms. The molecule has 0 radical (unpaired) electrons. The molecular weight excluding hydrogens is 480 g/mol. The Bertz CT molecular complexity index is 1520. The lowest BCUT2D eigenvalue weighted by atomic mass is 9.89. The quantitative estimate of drug-likeness (QED) is 0.165. The summed E-state index contributed by atoms with van der Waals surface area (Å²) in [4.78, 5) is 13.9. The average molecular weight is 513 g/mol. The third kappa shape index (κ3) is 4.66. The Morgan fingerprint density at radius 1 is 1.14 bits per heavy atom. The zero-order chi connectivity index (χ0) is 27.4. The van der Waals surface area contributed by atoms with Crippen molar-refractivity contribution in [3.63, 3.8) is 0 Å². The zero-order valence-electron chi connectivity index (χ0n) is 21.4. The van der Waals surface area contributed by atoms with E-state index in [9.17, 15) is 35.4 Å². The smallest absolute Gasteiger partial charge is 0.204 e. The minimum atomic E-state index is -1.50. The first kappa shape index (κ1) is 26.5. The van der Waals surface area contributed by atoms with Gasteiger partial charge in [0.1, 0.15) is 33.7 Å². The van der Waals surface area contributed by atoms with Crippen molar-refractivity contribution in [2.45, 2.75) is 64.8 Å². The predicted octanol–water partition coefficient (Wildman–Crippen LogP) is 3.40. The van der Waals surface area contributed by atoms with E-state index in [1.165, 1.54) is 13.8 Å². The summed E-state index contributed by atoms with van der Waals surface area (Å²) >= 11 is 0. The third-order valence-corrected chi connectivity index (χ3v) is 6.66. The van der Waals surface area contributed by atoms with Crippen molar-refractivity contribution in [2.24, 2.45) is 0 Å². The Morgan fingerprint density at radius 2 is 1.81 bits per heavy atom. The van der Waals surface area contributed by atoms with Gasteiger partial charge in [0.25, 0.3) is 0 Å². The number of phenols is 3. The molecule has 0 saturated heterocycles. The molecule has 2 aromatic carbocycles. The van der Waals surface area contributed by atoms with Crippen molar-refractivity contribution in [2.75, 3.05) is 6.61 Å². The lowest BCUT2D eigenvalue weighted by Crippen LogP contribution is -2.38. The number of allylic oxidation sites excluding steroid dienone is 1. The monoisotopic (exact) mass is 512 g/mol. The maximum Gasteiger partial charge on any atom is 0.204 e. The van der Waals surface area contributed by atoms with E-state index in [0.717, 1.165) is 6.07 Å². The largest absolute Gasteiger partial charge is 0.506 e. The fraction of sp³-hybridized carbons (Fsp3) is 0.393. The third-order valence-electron chi connectivity index (χ3n) is 6.66. The molecule has 1 aliphatic rings. The highest BCUT2D eigenvalue weighted by atomic mass is 16.5. The number of phenolic OH excluding ortho intramolecular Hbond substituents is 3. The first-order valence-corrected chi connectivity index (χ1v) is 11.9. The summed E-state index contributed by atoms with van der Waals surface area (Å²) in [5, 5.41) is 62.5. The molecule has 4 rings (SSSR count). The van der Waals surface area contributed by atoms with Crippen molar-refractivity contribution < 1.29 is 39.8 Å². The fourth-order valence-corrected chi connectivity index (χ4v) is 4.36. The molecule has 0 fully saturated rings. The lowest BCUT2D eigenvalue weighted by molar-refractivity contribution is -0.0472. The van der Waals surface area contributed by atoms with Crippen LogP contribution in [-0.4, -0.2) is 54.6 Å². The molecule has 0 aliphatic carbocycles. The Morgan fingerprint density at radius 3 is 2.43 bits per heavy atom. The first-order chi connectivity index (χ1) is 17.2. The summed E-state index contributed by atoms with van der Waals surface area (Å²) in [5.74, 6) is -1.22. The van der Waals surface area contributed by atoms with Gasteiger partial charge in [-0.05, 0) is 53.2 Å². The van der Waals surface area contributed by atoms with Gasteiger partial charge in [-0.3, -0.25) is 4.79 Å². The molecule has 9 heteroatoms. The van der Waals surface area contributed by atoms with E-state index in [0.29, 0.717) is 5.57 Å². The number of ether oxygens (including phenoxy) is 1. The fourth-order valence-electron chi connectivity index (χ4n) is 4.36. The van der Waals surface area contributed by atoms with Gasteiger partial charge in [-0.15, -0.1) is 0 Å². The Labute approximate surface area is 213 Å². The summed E-state index contributed by atoms with van der Waals surface area (Å²) in [6.45, 7) is 7.93. The van der Waals surface area contributed by atoms with Crippen LogP contribution < -0.4 is 10.2 Å². The molecule has 0 amide bonds. The molecule has 1 aliphatic heterocycles. The van der Waals surface area contributed by atoms with Crippen LogP contribution in [0.3, 0.4) is 0 Å². The molecule has 6 N–H and O–H groups in total. The molecule has 0 spiro atoms. The molecular formula is C28H32O9. The van der Waals surface area contributed by atoms with Crippen LogP contribution in [0.25, 0.3) is 28.0 Å². The van der Waals surface area contributed by atoms with Crippen LogP contribution in [0.5, 0.6) is 23.0 Å². The zero-order valence-corrected chi connectivity index (χ0v) is 21.4. The molecule has 2 heterocycles. The highest BCUT2D eigenvalue weighted by molar-refractivity contribution is 6.01. The molecule has 9 nitrogen and oxygen atoms in total. The van der Waals surface area contributed by atoms with Crippen molar-refractivity contribution in [1.82, 2.24) is 0 Å². The summed E-state index contributed by atoms with van der Waals surface area (Å²) in [7, 11) is 0. The van der Waals surface area contributed by atoms with Crippen molar-refractivity contribution >= 4 is 28.0 Å². The predicted molar refractivity (Wildman–Crippen MR) is 139 cm³/mol. The molecule has 3 aromatic rings. The summed E-state index contributed by atoms with van der Waals surface area (Å²) in [5.41, 5.74) is -1.91. The van der Waals surface area contributed by atoms with Crippen molar-refractivity contribution in [1.29, 1.82) is 0 Å². The molecule has 0 saturated carbocycles. The number of aromatic hydroxyl groups is 3. The van der Waals surface area contributed by atoms with Gasteiger partial charge in [-0.25, -0.2) is 0 Å². The van der Waals surface area contributed by atoms with Crippen LogP contribution >= 0.6 is 0 Å². The highest BCUT2D eigenvalue weighted by Gasteiger charge is 2.34. The summed E-state index contributed by atoms with van der Waals surface area (Å²) in [6.07, 6.45) is 3.51. The maximum absolute atomic E-state index is 13.9. The molecule has 1 atom stereocenters. The van der Waals surface area contributed by atoms with E-state index >= 15 is 0 Å². The lowest BCUT2D eigenvalue weighted by Gasteiger charge is -2.32. The second kappa shape index (κ2) is 9.09. The van der Waals surface area contributed by atoms with E-state index < -0.39 is 40.0 Å². The van der Waals surface area contributed by atoms with Crippen LogP contribution in [0, 0.1) is 0 Å². The van der Waals surface area contributed by atoms with Gasteiger partial charge in [0.2, 0.25) is 5.43 Å². The van der Waals surface area contributed by atoms with E-state index in [1.807, 2.05) is 0 Å². The molecule has 1 unspecified atom stereocenters. The van der Waals surface area contributed by atoms with Gasteiger partial charge in [0, 0.05) is 23.6 Å². The summed E-state index contributed by atoms with van der Waals surface area (Å²) < 4.78 is 12.2. The first-order valence-electron chi connectivity index (χ1n) is 11.9. The Kier molecular flexibility index (Phi) is 6.52. The average Bonchev–Trinajstić information content (AvgIpc) is 2.80. The van der Waals surface area contributed by atoms with Crippen LogP contribution in [0.1, 0.15) is 51.3 Å². The normalized spacial score (nSPS) is 16.2. The highest BCUT2D eigenvalue weighted by Crippen LogP contribution is 2.46. The van der Waals surface area contributed by atoms with Crippen LogP contribution in [0.2, 0.25) is 0 Å². The number of fused-ring (bicyclic) bond motifs is 3. The topological polar surface area (TPSA) is 161 Å². The Balaban J connectivity index is 2.15. The van der Waals surface area contributed by atoms with Gasteiger partial charge in [0.05, 0.1) is 29.3 Å². The number of hydrogen-bond donors (Lipinski definition) is 6. The number of rotatable bonds is 6. The molecule has 0 bridgehead atoms. The van der Waals surface area contributed by atoms with Gasteiger partial charge in [0.15, 0.2) is 11.5 Å². The van der Waals surface area contributed by atoms with Gasteiger partial charge in [-0.2, -0.15) is 0 Å². The number of aliphatic hydroxyl groups excluding tert-OH is 2. The SMILES string of the molecule is C/C(=C/Cc1c(O)c(O)cc2oc3c(CC(O)C(C)(C)O)c4c(c(O)c3c(=O)c12)C=CC(C)(C)O4)CO. The van der Waals surface area contributed by atoms with E-state index in [-0.39, 0.29) is 63.8 Å². The minimum Gasteiger partial charge on any atom is -0.506 e. The number of benzene rings is 2. The van der Waals surface area contributed by atoms with Crippen LogP contribution in [-0.2, 0) is 12.8 Å². The summed E-state index contributed by atoms with van der Waals surface area (Å²) in [6, 6.07) is 1.11.